The van der Waals surface area contributed by atoms with Crippen molar-refractivity contribution < 1.29 is 55.6 Å². The Labute approximate surface area is 320 Å². The Kier molecular flexibility index (Phi) is 20.9. The normalized spacial score (nSPS) is 11.9. The molecule has 0 aliphatic heterocycles. The summed E-state index contributed by atoms with van der Waals surface area (Å²) in [6.07, 6.45) is 0. The van der Waals surface area contributed by atoms with Gasteiger partial charge in [-0.3, -0.25) is 9.59 Å². The smallest absolute Gasteiger partial charge is 0.273 e. The van der Waals surface area contributed by atoms with Gasteiger partial charge in [0.2, 0.25) is 0 Å². The van der Waals surface area contributed by atoms with E-state index in [1.54, 1.807) is 39.1 Å². The van der Waals surface area contributed by atoms with Gasteiger partial charge in [0.15, 0.2) is 17.1 Å². The van der Waals surface area contributed by atoms with Crippen molar-refractivity contribution in [1.29, 1.82) is 0 Å². The Morgan fingerprint density at radius 3 is 1.58 bits per heavy atom. The Morgan fingerprint density at radius 1 is 0.623 bits per heavy atom. The fourth-order valence-corrected chi connectivity index (χ4v) is 4.53. The van der Waals surface area contributed by atoms with Crippen LogP contribution >= 0.6 is 0 Å². The first kappa shape index (κ1) is 45.3. The molecule has 53 heavy (non-hydrogen) atoms. The van der Waals surface area contributed by atoms with Crippen LogP contribution < -0.4 is 15.4 Å². The van der Waals surface area contributed by atoms with Gasteiger partial charge < -0.3 is 39.6 Å². The number of aryl methyl sites for hydroxylation is 2. The second-order valence-electron chi connectivity index (χ2n) is 10.7. The standard InChI is InChI=1S/C19H22N2O3.C18H25N5O5.Fe/c1-13-9-10-14(2)17(11-13)24-12-15-7-5-6-8-16(15)18(21-23-4)19(22)20-3;1-12(20-25-4)16(22-26-5)13(2)21-28-11-14-9-7-8-10-15(14)17(23-27-6)18(24)19-3;/h5-11H,12H2,1-4H3,(H,20,22);7-10H,11H2,1-6H3,(H,19,24);/b21-18+;20-12+,21-13+,22-16+,23-17+;. The molecule has 0 spiro atoms. The maximum absolute atomic E-state index is 12.1. The first-order chi connectivity index (χ1) is 25.1. The van der Waals surface area contributed by atoms with Crippen molar-refractivity contribution in [2.75, 3.05) is 42.5 Å². The van der Waals surface area contributed by atoms with Crippen LogP contribution in [0.5, 0.6) is 5.75 Å². The monoisotopic (exact) mass is 773 g/mol. The molecule has 0 radical (unpaired) electrons. The summed E-state index contributed by atoms with van der Waals surface area (Å²) in [6, 6.07) is 20.7. The molecule has 0 bridgehead atoms. The van der Waals surface area contributed by atoms with E-state index in [4.69, 9.17) is 28.9 Å². The van der Waals surface area contributed by atoms with Gasteiger partial charge in [-0.25, -0.2) is 0 Å². The van der Waals surface area contributed by atoms with E-state index in [-0.39, 0.29) is 46.9 Å². The van der Waals surface area contributed by atoms with Crippen molar-refractivity contribution in [3.8, 4) is 5.75 Å². The van der Waals surface area contributed by atoms with Gasteiger partial charge in [-0.2, -0.15) is 0 Å². The number of nitrogens with one attached hydrogen (secondary N) is 2. The molecule has 0 saturated heterocycles. The summed E-state index contributed by atoms with van der Waals surface area (Å²) in [4.78, 5) is 48.8. The quantitative estimate of drug-likeness (QED) is 0.120. The number of nitrogens with zero attached hydrogens (tertiary/aromatic N) is 5. The van der Waals surface area contributed by atoms with E-state index in [0.29, 0.717) is 40.4 Å². The zero-order valence-corrected chi connectivity index (χ0v) is 32.7. The molecule has 0 saturated carbocycles. The van der Waals surface area contributed by atoms with Crippen molar-refractivity contribution in [2.45, 2.75) is 40.9 Å². The molecule has 3 aromatic carbocycles. The van der Waals surface area contributed by atoms with Gasteiger partial charge in [0.05, 0.1) is 0 Å². The third-order valence-corrected chi connectivity index (χ3v) is 7.04. The number of rotatable bonds is 16. The van der Waals surface area contributed by atoms with Crippen LogP contribution in [0.4, 0.5) is 0 Å². The van der Waals surface area contributed by atoms with E-state index >= 15 is 0 Å². The molecule has 0 heterocycles. The number of carbonyl (C=O) groups is 2. The maximum Gasteiger partial charge on any atom is 0.273 e. The molecule has 286 valence electrons. The van der Waals surface area contributed by atoms with E-state index < -0.39 is 0 Å². The van der Waals surface area contributed by atoms with Gasteiger partial charge in [-0.05, 0) is 50.5 Å². The van der Waals surface area contributed by atoms with Crippen LogP contribution in [0, 0.1) is 13.8 Å². The zero-order chi connectivity index (χ0) is 38.5. The van der Waals surface area contributed by atoms with E-state index in [1.165, 1.54) is 35.5 Å². The molecule has 15 nitrogen and oxygen atoms in total. The average Bonchev–Trinajstić information content (AvgIpc) is 3.15. The summed E-state index contributed by atoms with van der Waals surface area (Å²) in [7, 11) is 8.71. The fraction of sp³-hybridized carbons (Fsp3) is 0.324. The number of hydrogen-bond donors (Lipinski definition) is 2. The van der Waals surface area contributed by atoms with Crippen molar-refractivity contribution in [3.05, 3.63) is 100 Å². The average molecular weight is 774 g/mol. The summed E-state index contributed by atoms with van der Waals surface area (Å²) in [5.74, 6) is 0.140. The van der Waals surface area contributed by atoms with E-state index in [9.17, 15) is 9.59 Å². The van der Waals surface area contributed by atoms with Gasteiger partial charge in [-0.15, -0.1) is 0 Å². The van der Waals surface area contributed by atoms with Crippen LogP contribution in [0.15, 0.2) is 92.5 Å². The first-order valence-electron chi connectivity index (χ1n) is 16.0. The van der Waals surface area contributed by atoms with Gasteiger partial charge in [0.1, 0.15) is 58.8 Å². The largest absolute Gasteiger partial charge is 0.489 e. The molecule has 0 aromatic heterocycles. The van der Waals surface area contributed by atoms with Gasteiger partial charge >= 0.3 is 0 Å². The molecular weight excluding hydrogens is 726 g/mol. The number of hydrogen-bond acceptors (Lipinski definition) is 13. The molecule has 2 N–H and O–H groups in total. The second-order valence-corrected chi connectivity index (χ2v) is 10.7. The summed E-state index contributed by atoms with van der Waals surface area (Å²) in [5.41, 5.74) is 6.66. The van der Waals surface area contributed by atoms with Crippen molar-refractivity contribution in [3.63, 3.8) is 0 Å². The predicted molar refractivity (Wildman–Crippen MR) is 201 cm³/mol. The molecule has 0 fully saturated rings. The molecule has 16 heteroatoms. The van der Waals surface area contributed by atoms with Crippen LogP contribution in [-0.2, 0) is 64.1 Å². The molecule has 3 aromatic rings. The number of amides is 2. The topological polar surface area (TPSA) is 175 Å². The van der Waals surface area contributed by atoms with Crippen LogP contribution in [-0.4, -0.2) is 82.9 Å². The van der Waals surface area contributed by atoms with Crippen LogP contribution in [0.2, 0.25) is 0 Å². The van der Waals surface area contributed by atoms with Gasteiger partial charge in [0.25, 0.3) is 11.8 Å². The van der Waals surface area contributed by atoms with E-state index in [0.717, 1.165) is 22.4 Å². The number of benzene rings is 3. The second kappa shape index (κ2) is 24.5. The number of carbonyl (C=O) groups excluding carboxylic acids is 2. The third-order valence-electron chi connectivity index (χ3n) is 7.04. The number of ether oxygens (including phenoxy) is 1. The Bertz CT molecular complexity index is 1810. The van der Waals surface area contributed by atoms with E-state index in [1.807, 2.05) is 62.4 Å². The SMILES string of the molecule is CNC(=O)/C(=N/OC)c1ccccc1CO/N=C(C)/C(=N/OC)C(/C)=N/OC.CNC(=O)/C(=N/OC)c1ccccc1COc1cc(C)ccc1C.[Fe]. The Morgan fingerprint density at radius 2 is 1.09 bits per heavy atom. The minimum Gasteiger partial charge on any atom is -0.489 e. The first-order valence-corrected chi connectivity index (χ1v) is 16.0. The molecule has 2 amide bonds. The molecular formula is C37H47FeN7O8. The molecule has 3 rings (SSSR count). The van der Waals surface area contributed by atoms with Crippen molar-refractivity contribution >= 4 is 40.4 Å². The molecule has 0 aliphatic rings. The Hall–Kier alpha value is -5.73. The number of oxime groups is 5. The summed E-state index contributed by atoms with van der Waals surface area (Å²) in [6.45, 7) is 7.85. The molecule has 0 atom stereocenters. The zero-order valence-electron chi connectivity index (χ0n) is 31.6. The molecule has 0 aliphatic carbocycles. The summed E-state index contributed by atoms with van der Waals surface area (Å²) < 4.78 is 5.96. The van der Waals surface area contributed by atoms with Crippen LogP contribution in [0.25, 0.3) is 0 Å². The minimum atomic E-state index is -0.380. The maximum atomic E-state index is 12.1. The minimum absolute atomic E-state index is 0. The number of likely N-dealkylation sites (N-methyl/N-ethyl adjacent to an activating group) is 2. The third kappa shape index (κ3) is 14.1. The fourth-order valence-electron chi connectivity index (χ4n) is 4.53. The molecule has 0 unspecified atom stereocenters. The van der Waals surface area contributed by atoms with Crippen LogP contribution in [0.3, 0.4) is 0 Å². The Balaban J connectivity index is 0.000000525. The van der Waals surface area contributed by atoms with Crippen LogP contribution in [0.1, 0.15) is 47.2 Å². The van der Waals surface area contributed by atoms with Crippen molar-refractivity contribution in [2.24, 2.45) is 25.8 Å². The van der Waals surface area contributed by atoms with Gasteiger partial charge in [-0.1, -0.05) is 86.4 Å². The van der Waals surface area contributed by atoms with Gasteiger partial charge in [0, 0.05) is 47.9 Å². The predicted octanol–water partition coefficient (Wildman–Crippen LogP) is 4.68. The van der Waals surface area contributed by atoms with Crippen molar-refractivity contribution in [1.82, 2.24) is 10.6 Å². The van der Waals surface area contributed by atoms with E-state index in [2.05, 4.69) is 36.4 Å². The summed E-state index contributed by atoms with van der Waals surface area (Å²) in [5, 5.41) is 24.5. The summed E-state index contributed by atoms with van der Waals surface area (Å²) >= 11 is 0.